The number of methoxy groups -OCH3 is 1. The lowest BCUT2D eigenvalue weighted by Crippen LogP contribution is -2.17. The van der Waals surface area contributed by atoms with Gasteiger partial charge in [0.1, 0.15) is 11.6 Å². The molecule has 0 fully saturated rings. The van der Waals surface area contributed by atoms with E-state index in [1.807, 2.05) is 56.0 Å². The molecule has 7 heteroatoms. The maximum atomic E-state index is 5.35. The highest BCUT2D eigenvalue weighted by Crippen LogP contribution is 2.20. The molecule has 1 aromatic carbocycles. The molecule has 24 heavy (non-hydrogen) atoms. The minimum absolute atomic E-state index is 0.568. The average molecular weight is 327 g/mol. The van der Waals surface area contributed by atoms with Crippen LogP contribution in [0.3, 0.4) is 0 Å². The molecule has 3 rings (SSSR count). The summed E-state index contributed by atoms with van der Waals surface area (Å²) in [5, 5.41) is 4.05. The smallest absolute Gasteiger partial charge is 0.241 e. The number of benzene rings is 1. The predicted octanol–water partition coefficient (Wildman–Crippen LogP) is 2.42. The van der Waals surface area contributed by atoms with E-state index >= 15 is 0 Å². The van der Waals surface area contributed by atoms with Crippen molar-refractivity contribution in [2.45, 2.75) is 20.0 Å². The van der Waals surface area contributed by atoms with E-state index in [9.17, 15) is 0 Å². The third kappa shape index (κ3) is 3.62. The summed E-state index contributed by atoms with van der Waals surface area (Å²) in [5.41, 5.74) is 1.92. The van der Waals surface area contributed by atoms with Gasteiger partial charge in [-0.15, -0.1) is 0 Å². The molecule has 0 unspecified atom stereocenters. The van der Waals surface area contributed by atoms with Gasteiger partial charge in [0, 0.05) is 25.4 Å². The normalized spacial score (nSPS) is 11.2. The summed E-state index contributed by atoms with van der Waals surface area (Å²) < 4.78 is 12.5. The summed E-state index contributed by atoms with van der Waals surface area (Å²) in [6, 6.07) is 7.57. The number of ether oxygens (including phenoxy) is 1. The zero-order valence-corrected chi connectivity index (χ0v) is 14.4. The molecule has 0 aliphatic rings. The fourth-order valence-corrected chi connectivity index (χ4v) is 2.45. The maximum Gasteiger partial charge on any atom is 0.241 e. The van der Waals surface area contributed by atoms with Crippen molar-refractivity contribution in [1.29, 1.82) is 0 Å². The molecule has 3 aromatic rings. The van der Waals surface area contributed by atoms with Crippen LogP contribution < -0.4 is 4.74 Å². The molecule has 0 atom stereocenters. The van der Waals surface area contributed by atoms with Crippen LogP contribution in [0.5, 0.6) is 5.75 Å². The Bertz CT molecular complexity index is 787. The summed E-state index contributed by atoms with van der Waals surface area (Å²) in [4.78, 5) is 11.0. The van der Waals surface area contributed by atoms with Gasteiger partial charge in [0.15, 0.2) is 0 Å². The van der Waals surface area contributed by atoms with Crippen molar-refractivity contribution in [2.75, 3.05) is 14.2 Å². The summed E-state index contributed by atoms with van der Waals surface area (Å²) in [7, 11) is 5.63. The monoisotopic (exact) mass is 327 g/mol. The third-order valence-corrected chi connectivity index (χ3v) is 3.81. The molecule has 126 valence electrons. The summed E-state index contributed by atoms with van der Waals surface area (Å²) >= 11 is 0. The number of rotatable bonds is 6. The van der Waals surface area contributed by atoms with E-state index in [2.05, 4.69) is 20.0 Å². The van der Waals surface area contributed by atoms with Crippen LogP contribution in [-0.2, 0) is 20.1 Å². The Morgan fingerprint density at radius 1 is 1.17 bits per heavy atom. The SMILES string of the molecule is COc1ccc(-c2noc(CN(C)Cc3cn(C)c(C)n3)n2)cc1. The molecule has 2 aromatic heterocycles. The lowest BCUT2D eigenvalue weighted by Gasteiger charge is -2.11. The average Bonchev–Trinajstić information content (AvgIpc) is 3.14. The van der Waals surface area contributed by atoms with E-state index < -0.39 is 0 Å². The molecule has 0 amide bonds. The van der Waals surface area contributed by atoms with Crippen LogP contribution in [0.4, 0.5) is 0 Å². The molecule has 0 radical (unpaired) electrons. The molecule has 0 saturated heterocycles. The quantitative estimate of drug-likeness (QED) is 0.692. The Balaban J connectivity index is 1.64. The third-order valence-electron chi connectivity index (χ3n) is 3.81. The number of nitrogens with zero attached hydrogens (tertiary/aromatic N) is 5. The van der Waals surface area contributed by atoms with Crippen molar-refractivity contribution in [3.05, 3.63) is 47.9 Å². The van der Waals surface area contributed by atoms with Crippen molar-refractivity contribution in [3.8, 4) is 17.1 Å². The van der Waals surface area contributed by atoms with Crippen molar-refractivity contribution in [3.63, 3.8) is 0 Å². The van der Waals surface area contributed by atoms with E-state index in [4.69, 9.17) is 9.26 Å². The molecule has 0 saturated carbocycles. The Morgan fingerprint density at radius 3 is 2.54 bits per heavy atom. The minimum Gasteiger partial charge on any atom is -0.497 e. The van der Waals surface area contributed by atoms with E-state index in [0.717, 1.165) is 29.4 Å². The Morgan fingerprint density at radius 2 is 1.92 bits per heavy atom. The van der Waals surface area contributed by atoms with Crippen LogP contribution in [0.15, 0.2) is 35.0 Å². The van der Waals surface area contributed by atoms with E-state index in [-0.39, 0.29) is 0 Å². The van der Waals surface area contributed by atoms with Crippen LogP contribution in [0, 0.1) is 6.92 Å². The predicted molar refractivity (Wildman–Crippen MR) is 89.4 cm³/mol. The number of hydrogen-bond donors (Lipinski definition) is 0. The highest BCUT2D eigenvalue weighted by atomic mass is 16.5. The van der Waals surface area contributed by atoms with E-state index in [1.165, 1.54) is 0 Å². The second kappa shape index (κ2) is 6.84. The molecule has 7 nitrogen and oxygen atoms in total. The Hall–Kier alpha value is -2.67. The lowest BCUT2D eigenvalue weighted by molar-refractivity contribution is 0.259. The van der Waals surface area contributed by atoms with Gasteiger partial charge in [0.25, 0.3) is 0 Å². The number of aromatic nitrogens is 4. The van der Waals surface area contributed by atoms with Crippen LogP contribution in [0.25, 0.3) is 11.4 Å². The summed E-state index contributed by atoms with van der Waals surface area (Å²) in [6.07, 6.45) is 2.03. The minimum atomic E-state index is 0.568. The first-order chi connectivity index (χ1) is 11.5. The Labute approximate surface area is 140 Å². The van der Waals surface area contributed by atoms with Crippen LogP contribution in [-0.4, -0.2) is 38.7 Å². The first kappa shape index (κ1) is 16.2. The number of imidazole rings is 1. The molecule has 0 spiro atoms. The van der Waals surface area contributed by atoms with Gasteiger partial charge in [-0.3, -0.25) is 4.90 Å². The fourth-order valence-electron chi connectivity index (χ4n) is 2.45. The highest BCUT2D eigenvalue weighted by molar-refractivity contribution is 5.55. The molecule has 0 aliphatic heterocycles. The van der Waals surface area contributed by atoms with Crippen LogP contribution in [0.2, 0.25) is 0 Å². The molecule has 0 N–H and O–H groups in total. The second-order valence-electron chi connectivity index (χ2n) is 5.80. The first-order valence-electron chi connectivity index (χ1n) is 7.69. The highest BCUT2D eigenvalue weighted by Gasteiger charge is 2.12. The van der Waals surface area contributed by atoms with E-state index in [1.54, 1.807) is 7.11 Å². The van der Waals surface area contributed by atoms with E-state index in [0.29, 0.717) is 18.3 Å². The zero-order chi connectivity index (χ0) is 17.1. The van der Waals surface area contributed by atoms with Crippen molar-refractivity contribution in [2.24, 2.45) is 7.05 Å². The summed E-state index contributed by atoms with van der Waals surface area (Å²) in [5.74, 6) is 2.96. The topological polar surface area (TPSA) is 69.2 Å². The van der Waals surface area contributed by atoms with Gasteiger partial charge in [-0.05, 0) is 38.2 Å². The fraction of sp³-hybridized carbons (Fsp3) is 0.353. The molecular weight excluding hydrogens is 306 g/mol. The first-order valence-corrected chi connectivity index (χ1v) is 7.69. The standard InChI is InChI=1S/C17H21N5O2/c1-12-18-14(10-22(12)3)9-21(2)11-16-19-17(20-24-16)13-5-7-15(23-4)8-6-13/h5-8,10H,9,11H2,1-4H3. The lowest BCUT2D eigenvalue weighted by atomic mass is 10.2. The van der Waals surface area contributed by atoms with Crippen molar-refractivity contribution in [1.82, 2.24) is 24.6 Å². The van der Waals surface area contributed by atoms with Gasteiger partial charge < -0.3 is 13.8 Å². The summed E-state index contributed by atoms with van der Waals surface area (Å²) in [6.45, 7) is 3.28. The van der Waals surface area contributed by atoms with Gasteiger partial charge >= 0.3 is 0 Å². The molecule has 2 heterocycles. The number of aryl methyl sites for hydroxylation is 2. The van der Waals surface area contributed by atoms with Crippen molar-refractivity contribution >= 4 is 0 Å². The Kier molecular flexibility index (Phi) is 4.61. The van der Waals surface area contributed by atoms with Gasteiger partial charge in [0.2, 0.25) is 11.7 Å². The van der Waals surface area contributed by atoms with Gasteiger partial charge in [-0.2, -0.15) is 4.98 Å². The largest absolute Gasteiger partial charge is 0.497 e. The maximum absolute atomic E-state index is 5.35. The molecule has 0 aliphatic carbocycles. The van der Waals surface area contributed by atoms with Crippen LogP contribution >= 0.6 is 0 Å². The molecular formula is C17H21N5O2. The van der Waals surface area contributed by atoms with Gasteiger partial charge in [0.05, 0.1) is 19.3 Å². The molecule has 0 bridgehead atoms. The van der Waals surface area contributed by atoms with Gasteiger partial charge in [-0.1, -0.05) is 5.16 Å². The van der Waals surface area contributed by atoms with Gasteiger partial charge in [-0.25, -0.2) is 4.98 Å². The van der Waals surface area contributed by atoms with Crippen molar-refractivity contribution < 1.29 is 9.26 Å². The zero-order valence-electron chi connectivity index (χ0n) is 14.4. The number of hydrogen-bond acceptors (Lipinski definition) is 6. The second-order valence-corrected chi connectivity index (χ2v) is 5.80. The van der Waals surface area contributed by atoms with Crippen LogP contribution in [0.1, 0.15) is 17.4 Å².